The summed E-state index contributed by atoms with van der Waals surface area (Å²) < 4.78 is 5.87. The van der Waals surface area contributed by atoms with Crippen LogP contribution in [-0.2, 0) is 11.3 Å². The molecule has 0 aliphatic heterocycles. The fourth-order valence-electron chi connectivity index (χ4n) is 3.07. The maximum Gasteiger partial charge on any atom is 0.304 e. The molecule has 0 aliphatic carbocycles. The Morgan fingerprint density at radius 3 is 2.38 bits per heavy atom. The molecule has 3 aromatic carbocycles. The molecule has 170 valence electrons. The molecule has 0 saturated heterocycles. The Morgan fingerprint density at radius 1 is 0.969 bits per heavy atom. The standard InChI is InChI=1S/C23H21Cl3N2O3.ClH/c24-19-7-5-18(11-21(19)26)31-17-3-1-2-14(8-17)13-28-22-9-15(4-6-20(22)25)16(12-27)10-23(29)30;/h1-9,11,16,28H,10,12-13,27H2,(H,29,30);1H/t16-;/m0./s1. The molecule has 0 fully saturated rings. The number of carbonyl (C=O) groups is 1. The molecule has 3 aromatic rings. The van der Waals surface area contributed by atoms with Crippen molar-refractivity contribution in [1.82, 2.24) is 0 Å². The molecular formula is C23H22Cl4N2O3. The van der Waals surface area contributed by atoms with E-state index in [2.05, 4.69) is 5.32 Å². The number of nitrogens with two attached hydrogens (primary N) is 1. The van der Waals surface area contributed by atoms with Crippen LogP contribution in [0.1, 0.15) is 23.5 Å². The van der Waals surface area contributed by atoms with Crippen LogP contribution in [0.2, 0.25) is 15.1 Å². The van der Waals surface area contributed by atoms with Crippen molar-refractivity contribution in [3.63, 3.8) is 0 Å². The quantitative estimate of drug-likeness (QED) is 0.286. The third-order valence-corrected chi connectivity index (χ3v) is 5.74. The Morgan fingerprint density at radius 2 is 1.69 bits per heavy atom. The van der Waals surface area contributed by atoms with Crippen molar-refractivity contribution in [2.75, 3.05) is 11.9 Å². The van der Waals surface area contributed by atoms with Gasteiger partial charge in [-0.25, -0.2) is 0 Å². The highest BCUT2D eigenvalue weighted by Crippen LogP contribution is 2.31. The van der Waals surface area contributed by atoms with E-state index in [-0.39, 0.29) is 31.3 Å². The fraction of sp³-hybridized carbons (Fsp3) is 0.174. The predicted molar refractivity (Wildman–Crippen MR) is 133 cm³/mol. The molecule has 4 N–H and O–H groups in total. The van der Waals surface area contributed by atoms with Crippen molar-refractivity contribution in [2.24, 2.45) is 5.73 Å². The van der Waals surface area contributed by atoms with Crippen molar-refractivity contribution in [3.05, 3.63) is 86.9 Å². The first-order chi connectivity index (χ1) is 14.9. The molecule has 0 saturated carbocycles. The maximum atomic E-state index is 11.1. The minimum atomic E-state index is -0.890. The van der Waals surface area contributed by atoms with Gasteiger partial charge in [-0.15, -0.1) is 12.4 Å². The van der Waals surface area contributed by atoms with Crippen LogP contribution in [0.15, 0.2) is 60.7 Å². The summed E-state index contributed by atoms with van der Waals surface area (Å²) in [6.07, 6.45) is -0.0360. The number of ether oxygens (including phenoxy) is 1. The van der Waals surface area contributed by atoms with E-state index in [1.807, 2.05) is 30.3 Å². The summed E-state index contributed by atoms with van der Waals surface area (Å²) in [5, 5.41) is 13.8. The van der Waals surface area contributed by atoms with Crippen LogP contribution < -0.4 is 15.8 Å². The molecule has 3 rings (SSSR count). The van der Waals surface area contributed by atoms with Crippen molar-refractivity contribution in [1.29, 1.82) is 0 Å². The lowest BCUT2D eigenvalue weighted by Crippen LogP contribution is -2.16. The maximum absolute atomic E-state index is 11.1. The summed E-state index contributed by atoms with van der Waals surface area (Å²) in [5.41, 5.74) is 8.26. The van der Waals surface area contributed by atoms with Gasteiger partial charge in [0.05, 0.1) is 27.2 Å². The number of aliphatic carboxylic acids is 1. The van der Waals surface area contributed by atoms with Crippen LogP contribution >= 0.6 is 47.2 Å². The second-order valence-electron chi connectivity index (χ2n) is 6.95. The Balaban J connectivity index is 0.00000363. The fourth-order valence-corrected chi connectivity index (χ4v) is 3.55. The van der Waals surface area contributed by atoms with Crippen molar-refractivity contribution in [2.45, 2.75) is 18.9 Å². The van der Waals surface area contributed by atoms with E-state index >= 15 is 0 Å². The van der Waals surface area contributed by atoms with Gasteiger partial charge in [0.1, 0.15) is 11.5 Å². The molecule has 0 bridgehead atoms. The summed E-state index contributed by atoms with van der Waals surface area (Å²) in [6.45, 7) is 0.732. The second kappa shape index (κ2) is 12.2. The Bertz CT molecular complexity index is 1080. The zero-order chi connectivity index (χ0) is 22.4. The Kier molecular flexibility index (Phi) is 9.94. The molecular weight excluding hydrogens is 494 g/mol. The van der Waals surface area contributed by atoms with E-state index in [0.717, 1.165) is 11.1 Å². The second-order valence-corrected chi connectivity index (χ2v) is 8.17. The zero-order valence-corrected chi connectivity index (χ0v) is 19.9. The summed E-state index contributed by atoms with van der Waals surface area (Å²) in [4.78, 5) is 11.1. The normalized spacial score (nSPS) is 11.4. The largest absolute Gasteiger partial charge is 0.481 e. The molecule has 0 amide bonds. The number of carboxylic acid groups (broad SMARTS) is 1. The van der Waals surface area contributed by atoms with E-state index in [0.29, 0.717) is 38.8 Å². The smallest absolute Gasteiger partial charge is 0.304 e. The van der Waals surface area contributed by atoms with Crippen LogP contribution in [0.4, 0.5) is 5.69 Å². The lowest BCUT2D eigenvalue weighted by atomic mass is 9.95. The molecule has 9 heteroatoms. The average Bonchev–Trinajstić information content (AvgIpc) is 2.74. The molecule has 0 spiro atoms. The summed E-state index contributed by atoms with van der Waals surface area (Å²) in [7, 11) is 0. The van der Waals surface area contributed by atoms with Crippen LogP contribution in [0.5, 0.6) is 11.5 Å². The zero-order valence-electron chi connectivity index (χ0n) is 16.9. The molecule has 5 nitrogen and oxygen atoms in total. The van der Waals surface area contributed by atoms with E-state index in [4.69, 9.17) is 50.4 Å². The highest BCUT2D eigenvalue weighted by Gasteiger charge is 2.15. The van der Waals surface area contributed by atoms with Gasteiger partial charge in [-0.3, -0.25) is 4.79 Å². The Labute approximate surface area is 207 Å². The highest BCUT2D eigenvalue weighted by molar-refractivity contribution is 6.42. The van der Waals surface area contributed by atoms with E-state index in [1.54, 1.807) is 30.3 Å². The third-order valence-electron chi connectivity index (χ3n) is 4.68. The summed E-state index contributed by atoms with van der Waals surface area (Å²) >= 11 is 18.3. The lowest BCUT2D eigenvalue weighted by molar-refractivity contribution is -0.137. The first-order valence-corrected chi connectivity index (χ1v) is 10.7. The van der Waals surface area contributed by atoms with Crippen molar-refractivity contribution >= 4 is 58.9 Å². The monoisotopic (exact) mass is 514 g/mol. The first-order valence-electron chi connectivity index (χ1n) is 9.52. The van der Waals surface area contributed by atoms with Crippen LogP contribution in [0.25, 0.3) is 0 Å². The van der Waals surface area contributed by atoms with Gasteiger partial charge in [-0.05, 0) is 54.1 Å². The molecule has 0 heterocycles. The summed E-state index contributed by atoms with van der Waals surface area (Å²) in [5.74, 6) is 0.0700. The Hall–Kier alpha value is -2.15. The van der Waals surface area contributed by atoms with Gasteiger partial charge < -0.3 is 20.9 Å². The number of benzene rings is 3. The minimum absolute atomic E-state index is 0. The SMILES string of the molecule is Cl.NC[C@H](CC(=O)O)c1ccc(Cl)c(NCc2cccc(Oc3ccc(Cl)c(Cl)c3)c2)c1. The number of carboxylic acids is 1. The van der Waals surface area contributed by atoms with E-state index in [1.165, 1.54) is 0 Å². The number of nitrogens with one attached hydrogen (secondary N) is 1. The molecule has 1 atom stereocenters. The van der Waals surface area contributed by atoms with Crippen molar-refractivity contribution in [3.8, 4) is 11.5 Å². The number of rotatable bonds is 9. The minimum Gasteiger partial charge on any atom is -0.481 e. The lowest BCUT2D eigenvalue weighted by Gasteiger charge is -2.16. The molecule has 32 heavy (non-hydrogen) atoms. The van der Waals surface area contributed by atoms with E-state index in [9.17, 15) is 4.79 Å². The topological polar surface area (TPSA) is 84.6 Å². The van der Waals surface area contributed by atoms with Crippen LogP contribution in [0.3, 0.4) is 0 Å². The van der Waals surface area contributed by atoms with Gasteiger partial charge in [-0.2, -0.15) is 0 Å². The highest BCUT2D eigenvalue weighted by atomic mass is 35.5. The number of halogens is 4. The van der Waals surface area contributed by atoms with Gasteiger partial charge >= 0.3 is 5.97 Å². The van der Waals surface area contributed by atoms with Gasteiger partial charge in [0.2, 0.25) is 0 Å². The van der Waals surface area contributed by atoms with Crippen LogP contribution in [0, 0.1) is 0 Å². The molecule has 0 unspecified atom stereocenters. The van der Waals surface area contributed by atoms with Crippen LogP contribution in [-0.4, -0.2) is 17.6 Å². The van der Waals surface area contributed by atoms with Gasteiger partial charge in [0, 0.05) is 18.5 Å². The van der Waals surface area contributed by atoms with Crippen molar-refractivity contribution < 1.29 is 14.6 Å². The average molecular weight is 516 g/mol. The predicted octanol–water partition coefficient (Wildman–Crippen LogP) is 6.99. The summed E-state index contributed by atoms with van der Waals surface area (Å²) in [6, 6.07) is 18.1. The van der Waals surface area contributed by atoms with Gasteiger partial charge in [-0.1, -0.05) is 53.0 Å². The first kappa shape index (κ1) is 26.1. The molecule has 0 aliphatic rings. The van der Waals surface area contributed by atoms with E-state index < -0.39 is 5.97 Å². The number of hydrogen-bond acceptors (Lipinski definition) is 4. The van der Waals surface area contributed by atoms with Gasteiger partial charge in [0.15, 0.2) is 0 Å². The van der Waals surface area contributed by atoms with Gasteiger partial charge in [0.25, 0.3) is 0 Å². The number of anilines is 1. The number of hydrogen-bond donors (Lipinski definition) is 3. The third kappa shape index (κ3) is 7.19. The molecule has 0 radical (unpaired) electrons. The molecule has 0 aromatic heterocycles.